The van der Waals surface area contributed by atoms with Gasteiger partial charge in [-0.05, 0) is 68.4 Å². The van der Waals surface area contributed by atoms with Crippen LogP contribution in [0.2, 0.25) is 0 Å². The molecule has 0 N–H and O–H groups in total. The van der Waals surface area contributed by atoms with Gasteiger partial charge in [0.1, 0.15) is 11.5 Å². The first-order valence-electron chi connectivity index (χ1n) is 8.85. The smallest absolute Gasteiger partial charge is 0.214 e. The Bertz CT molecular complexity index is 844. The van der Waals surface area contributed by atoms with Gasteiger partial charge in [0.25, 0.3) is 0 Å². The van der Waals surface area contributed by atoms with E-state index in [0.29, 0.717) is 5.75 Å². The van der Waals surface area contributed by atoms with Gasteiger partial charge in [0.05, 0.1) is 11.3 Å². The minimum Gasteiger partial charge on any atom is -0.456 e. The lowest BCUT2D eigenvalue weighted by molar-refractivity contribution is -0.107. The Kier molecular flexibility index (Phi) is 3.97. The summed E-state index contributed by atoms with van der Waals surface area (Å²) in [5.74, 6) is 4.93. The number of hydrogen-bond acceptors (Lipinski definition) is 2. The zero-order valence-corrected chi connectivity index (χ0v) is 14.4. The maximum absolute atomic E-state index is 11.5. The minimum absolute atomic E-state index is 0.187. The molecule has 25 heavy (non-hydrogen) atoms. The SMILES string of the molecule is C#Cc1ccc2c(c1Oc1ccc(C3CC3)cc1)CC[C@H](C)N2C=O. The zero-order valence-electron chi connectivity index (χ0n) is 14.4. The van der Waals surface area contributed by atoms with E-state index in [9.17, 15) is 4.79 Å². The Morgan fingerprint density at radius 2 is 1.92 bits per heavy atom. The van der Waals surface area contributed by atoms with Crippen molar-refractivity contribution in [1.29, 1.82) is 0 Å². The van der Waals surface area contributed by atoms with Crippen molar-refractivity contribution in [3.05, 3.63) is 53.1 Å². The molecule has 3 nitrogen and oxygen atoms in total. The molecule has 2 aromatic carbocycles. The number of hydrogen-bond donors (Lipinski definition) is 0. The highest BCUT2D eigenvalue weighted by atomic mass is 16.5. The number of ether oxygens (including phenoxy) is 1. The second-order valence-electron chi connectivity index (χ2n) is 6.93. The average molecular weight is 331 g/mol. The van der Waals surface area contributed by atoms with Crippen molar-refractivity contribution < 1.29 is 9.53 Å². The van der Waals surface area contributed by atoms with Crippen molar-refractivity contribution in [2.24, 2.45) is 0 Å². The van der Waals surface area contributed by atoms with Crippen LogP contribution in [0.5, 0.6) is 11.5 Å². The highest BCUT2D eigenvalue weighted by molar-refractivity contribution is 5.81. The van der Waals surface area contributed by atoms with Gasteiger partial charge in [-0.15, -0.1) is 6.42 Å². The average Bonchev–Trinajstić information content (AvgIpc) is 3.47. The number of rotatable bonds is 4. The number of benzene rings is 2. The second-order valence-corrected chi connectivity index (χ2v) is 6.93. The zero-order chi connectivity index (χ0) is 17.4. The van der Waals surface area contributed by atoms with E-state index in [1.807, 2.05) is 24.3 Å². The summed E-state index contributed by atoms with van der Waals surface area (Å²) in [4.78, 5) is 13.3. The molecule has 0 unspecified atom stereocenters. The van der Waals surface area contributed by atoms with E-state index in [-0.39, 0.29) is 6.04 Å². The van der Waals surface area contributed by atoms with Crippen LogP contribution in [0.4, 0.5) is 5.69 Å². The summed E-state index contributed by atoms with van der Waals surface area (Å²) in [5.41, 5.74) is 4.02. The fraction of sp³-hybridized carbons (Fsp3) is 0.318. The van der Waals surface area contributed by atoms with E-state index in [1.54, 1.807) is 4.90 Å². The largest absolute Gasteiger partial charge is 0.456 e. The third kappa shape index (κ3) is 2.89. The van der Waals surface area contributed by atoms with Crippen LogP contribution in [-0.4, -0.2) is 12.5 Å². The fourth-order valence-corrected chi connectivity index (χ4v) is 3.56. The molecular formula is C22H21NO2. The van der Waals surface area contributed by atoms with Gasteiger partial charge in [0, 0.05) is 11.6 Å². The molecule has 2 aliphatic rings. The summed E-state index contributed by atoms with van der Waals surface area (Å²) in [6.07, 6.45) is 10.9. The molecule has 1 fully saturated rings. The number of carbonyl (C=O) groups is 1. The van der Waals surface area contributed by atoms with Crippen molar-refractivity contribution in [3.63, 3.8) is 0 Å². The van der Waals surface area contributed by atoms with Crippen molar-refractivity contribution >= 4 is 12.1 Å². The van der Waals surface area contributed by atoms with Crippen LogP contribution in [0, 0.1) is 12.3 Å². The summed E-state index contributed by atoms with van der Waals surface area (Å²) in [6, 6.07) is 12.3. The monoisotopic (exact) mass is 331 g/mol. The predicted molar refractivity (Wildman–Crippen MR) is 99.2 cm³/mol. The summed E-state index contributed by atoms with van der Waals surface area (Å²) in [6.45, 7) is 2.06. The molecule has 4 rings (SSSR count). The maximum atomic E-state index is 11.5. The van der Waals surface area contributed by atoms with Crippen LogP contribution in [0.25, 0.3) is 0 Å². The normalized spacial score (nSPS) is 19.0. The predicted octanol–water partition coefficient (Wildman–Crippen LogP) is 4.64. The van der Waals surface area contributed by atoms with Crippen LogP contribution in [0.15, 0.2) is 36.4 Å². The van der Waals surface area contributed by atoms with Crippen molar-refractivity contribution in [2.75, 3.05) is 4.90 Å². The second kappa shape index (κ2) is 6.29. The topological polar surface area (TPSA) is 29.5 Å². The molecule has 0 aromatic heterocycles. The summed E-state index contributed by atoms with van der Waals surface area (Å²) in [7, 11) is 0. The lowest BCUT2D eigenvalue weighted by Gasteiger charge is -2.33. The van der Waals surface area contributed by atoms with Gasteiger partial charge in [-0.1, -0.05) is 18.1 Å². The number of nitrogens with zero attached hydrogens (tertiary/aromatic N) is 1. The number of anilines is 1. The third-order valence-electron chi connectivity index (χ3n) is 5.22. The first-order valence-corrected chi connectivity index (χ1v) is 8.85. The lowest BCUT2D eigenvalue weighted by Crippen LogP contribution is -2.36. The van der Waals surface area contributed by atoms with Crippen LogP contribution < -0.4 is 9.64 Å². The van der Waals surface area contributed by atoms with Gasteiger partial charge < -0.3 is 9.64 Å². The highest BCUT2D eigenvalue weighted by Gasteiger charge is 2.27. The van der Waals surface area contributed by atoms with Crippen LogP contribution >= 0.6 is 0 Å². The molecule has 0 saturated heterocycles. The Morgan fingerprint density at radius 1 is 1.16 bits per heavy atom. The molecule has 1 aliphatic carbocycles. The Balaban J connectivity index is 1.71. The standard InChI is InChI=1S/C22H21NO2/c1-3-16-9-13-21-20(12-4-15(2)23(21)14-24)22(16)25-19-10-7-18(8-11-19)17-5-6-17/h1,7-11,13-15,17H,4-6,12H2,2H3/t15-/m0/s1. The maximum Gasteiger partial charge on any atom is 0.214 e. The van der Waals surface area contributed by atoms with E-state index in [1.165, 1.54) is 18.4 Å². The molecule has 0 spiro atoms. The number of terminal acetylenes is 1. The van der Waals surface area contributed by atoms with Gasteiger partial charge >= 0.3 is 0 Å². The van der Waals surface area contributed by atoms with Crippen LogP contribution in [0.3, 0.4) is 0 Å². The fourth-order valence-electron chi connectivity index (χ4n) is 3.56. The van der Waals surface area contributed by atoms with E-state index in [2.05, 4.69) is 25.0 Å². The first kappa shape index (κ1) is 15.8. The Morgan fingerprint density at radius 3 is 2.56 bits per heavy atom. The van der Waals surface area contributed by atoms with Gasteiger partial charge in [-0.2, -0.15) is 0 Å². The molecule has 1 heterocycles. The lowest BCUT2D eigenvalue weighted by atomic mass is 9.94. The van der Waals surface area contributed by atoms with E-state index >= 15 is 0 Å². The van der Waals surface area contributed by atoms with Crippen molar-refractivity contribution in [3.8, 4) is 23.8 Å². The van der Waals surface area contributed by atoms with Gasteiger partial charge in [0.2, 0.25) is 6.41 Å². The highest BCUT2D eigenvalue weighted by Crippen LogP contribution is 2.42. The molecule has 1 amide bonds. The summed E-state index contributed by atoms with van der Waals surface area (Å²) >= 11 is 0. The molecule has 1 saturated carbocycles. The molecule has 126 valence electrons. The molecule has 0 radical (unpaired) electrons. The van der Waals surface area contributed by atoms with Crippen LogP contribution in [0.1, 0.15) is 48.8 Å². The quantitative estimate of drug-likeness (QED) is 0.603. The number of carbonyl (C=O) groups excluding carboxylic acids is 1. The molecule has 1 aliphatic heterocycles. The third-order valence-corrected chi connectivity index (χ3v) is 5.22. The molecular weight excluding hydrogens is 310 g/mol. The van der Waals surface area contributed by atoms with Gasteiger partial charge in [-0.3, -0.25) is 4.79 Å². The van der Waals surface area contributed by atoms with Crippen LogP contribution in [-0.2, 0) is 11.2 Å². The Labute approximate surface area is 148 Å². The van der Waals surface area contributed by atoms with Gasteiger partial charge in [-0.25, -0.2) is 0 Å². The summed E-state index contributed by atoms with van der Waals surface area (Å²) in [5, 5.41) is 0. The number of amides is 1. The minimum atomic E-state index is 0.187. The van der Waals surface area contributed by atoms with Crippen molar-refractivity contribution in [2.45, 2.75) is 44.6 Å². The van der Waals surface area contributed by atoms with E-state index in [4.69, 9.17) is 11.2 Å². The van der Waals surface area contributed by atoms with Crippen molar-refractivity contribution in [1.82, 2.24) is 0 Å². The van der Waals surface area contributed by atoms with E-state index in [0.717, 1.165) is 47.7 Å². The Hall–Kier alpha value is -2.73. The van der Waals surface area contributed by atoms with Gasteiger partial charge in [0.15, 0.2) is 0 Å². The molecule has 2 aromatic rings. The molecule has 0 bridgehead atoms. The first-order chi connectivity index (χ1) is 12.2. The summed E-state index contributed by atoms with van der Waals surface area (Å²) < 4.78 is 6.20. The number of fused-ring (bicyclic) bond motifs is 1. The molecule has 3 heteroatoms. The molecule has 1 atom stereocenters. The van der Waals surface area contributed by atoms with E-state index < -0.39 is 0 Å².